The Labute approximate surface area is 402 Å². The second kappa shape index (κ2) is 20.7. The molecule has 10 aromatic rings. The first-order chi connectivity index (χ1) is 30.4. The van der Waals surface area contributed by atoms with E-state index in [1.807, 2.05) is 60.7 Å². The summed E-state index contributed by atoms with van der Waals surface area (Å²) < 4.78 is 4.33. The van der Waals surface area contributed by atoms with Gasteiger partial charge in [-0.05, 0) is 84.3 Å². The van der Waals surface area contributed by atoms with Crippen molar-refractivity contribution in [1.82, 2.24) is 29.5 Å². The van der Waals surface area contributed by atoms with Crippen molar-refractivity contribution in [3.8, 4) is 79.2 Å². The number of hydrogen-bond donors (Lipinski definition) is 0. The summed E-state index contributed by atoms with van der Waals surface area (Å²) >= 11 is 0. The maximum Gasteiger partial charge on any atom is 0.160 e. The Morgan fingerprint density at radius 3 is 1.20 bits per heavy atom. The first-order valence-corrected chi connectivity index (χ1v) is 20.7. The molecule has 2 heterocycles. The number of hydrogen-bond acceptors (Lipinski definition) is 4. The van der Waals surface area contributed by atoms with Gasteiger partial charge in [0.15, 0.2) is 11.6 Å². The molecule has 0 saturated carbocycles. The van der Waals surface area contributed by atoms with E-state index in [1.54, 1.807) is 0 Å². The van der Waals surface area contributed by atoms with E-state index in [4.69, 9.17) is 5.10 Å². The minimum Gasteiger partial charge on any atom is -0.316 e. The van der Waals surface area contributed by atoms with Crippen LogP contribution in [0.2, 0.25) is 0 Å². The van der Waals surface area contributed by atoms with Gasteiger partial charge in [0.05, 0.1) is 11.6 Å². The van der Waals surface area contributed by atoms with Gasteiger partial charge in [-0.1, -0.05) is 133 Å². The fourth-order valence-corrected chi connectivity index (χ4v) is 8.12. The standard InChI is InChI=1S/2C28H22N3.2Ir/c1-20-12-11-13-21(2)26(20)31-27(23-16-7-4-8-17-23)29-30-28(31)25-19-10-9-18-24(25)22-14-5-3-6-15-22;1-20-17-21(2)19-24(18-20)31-27(23-13-7-4-8-14-23)29-30-28(31)26-16-10-9-15-25(26)22-11-5-3-6-12-22;;/h3-16,18-19H,1-2H3;3-13,15-19H,1-2H3;;/q2*-1;;. The van der Waals surface area contributed by atoms with E-state index in [9.17, 15) is 0 Å². The minimum absolute atomic E-state index is 0. The van der Waals surface area contributed by atoms with Gasteiger partial charge >= 0.3 is 0 Å². The zero-order valence-electron chi connectivity index (χ0n) is 35.8. The molecule has 10 rings (SSSR count). The molecule has 0 bridgehead atoms. The van der Waals surface area contributed by atoms with Crippen molar-refractivity contribution >= 4 is 0 Å². The number of rotatable bonds is 8. The van der Waals surface area contributed by atoms with Crippen molar-refractivity contribution in [2.75, 3.05) is 0 Å². The van der Waals surface area contributed by atoms with Crippen LogP contribution in [0, 0.1) is 39.8 Å². The first kappa shape index (κ1) is 45.4. The summed E-state index contributed by atoms with van der Waals surface area (Å²) in [6, 6.07) is 72.9. The fraction of sp³-hybridized carbons (Fsp3) is 0.0714. The maximum absolute atomic E-state index is 4.70. The summed E-state index contributed by atoms with van der Waals surface area (Å²) in [6.45, 7) is 8.50. The van der Waals surface area contributed by atoms with Crippen LogP contribution in [0.25, 0.3) is 79.2 Å². The minimum atomic E-state index is 0. The molecule has 0 N–H and O–H groups in total. The number of aryl methyl sites for hydroxylation is 4. The van der Waals surface area contributed by atoms with Gasteiger partial charge in [0.25, 0.3) is 0 Å². The van der Waals surface area contributed by atoms with Crippen LogP contribution in [-0.4, -0.2) is 29.5 Å². The summed E-state index contributed by atoms with van der Waals surface area (Å²) in [5.74, 6) is 3.21. The molecule has 0 unspecified atom stereocenters. The molecule has 0 amide bonds. The van der Waals surface area contributed by atoms with Crippen LogP contribution in [0.5, 0.6) is 0 Å². The number of aromatic nitrogens is 6. The van der Waals surface area contributed by atoms with Crippen molar-refractivity contribution < 1.29 is 40.2 Å². The van der Waals surface area contributed by atoms with E-state index in [0.29, 0.717) is 0 Å². The van der Waals surface area contributed by atoms with Crippen LogP contribution in [0.4, 0.5) is 0 Å². The first-order valence-electron chi connectivity index (χ1n) is 20.7. The smallest absolute Gasteiger partial charge is 0.160 e. The van der Waals surface area contributed by atoms with Crippen molar-refractivity contribution in [3.05, 3.63) is 229 Å². The van der Waals surface area contributed by atoms with Crippen molar-refractivity contribution in [1.29, 1.82) is 0 Å². The van der Waals surface area contributed by atoms with Crippen molar-refractivity contribution in [2.24, 2.45) is 0 Å². The van der Waals surface area contributed by atoms with Crippen LogP contribution < -0.4 is 0 Å². The van der Waals surface area contributed by atoms with E-state index in [0.717, 1.165) is 79.2 Å². The molecule has 0 aliphatic carbocycles. The molecule has 2 radical (unpaired) electrons. The van der Waals surface area contributed by atoms with Crippen molar-refractivity contribution in [2.45, 2.75) is 27.7 Å². The summed E-state index contributed by atoms with van der Waals surface area (Å²) in [6.07, 6.45) is 0. The molecule has 0 fully saturated rings. The molecule has 0 aliphatic heterocycles. The molecule has 0 aliphatic rings. The monoisotopic (exact) mass is 1190 g/mol. The largest absolute Gasteiger partial charge is 0.316 e. The molecule has 6 nitrogen and oxygen atoms in total. The van der Waals surface area contributed by atoms with E-state index >= 15 is 0 Å². The van der Waals surface area contributed by atoms with E-state index < -0.39 is 0 Å². The van der Waals surface area contributed by atoms with Gasteiger partial charge in [0.2, 0.25) is 0 Å². The average Bonchev–Trinajstić information content (AvgIpc) is 3.96. The molecule has 0 saturated heterocycles. The third kappa shape index (κ3) is 9.47. The Hall–Kier alpha value is -6.66. The van der Waals surface area contributed by atoms with Crippen LogP contribution in [0.1, 0.15) is 22.3 Å². The molecule has 0 atom stereocenters. The predicted molar refractivity (Wildman–Crippen MR) is 252 cm³/mol. The third-order valence-electron chi connectivity index (χ3n) is 10.9. The number of para-hydroxylation sites is 1. The molecular weight excluding hydrogens is 1140 g/mol. The molecule has 0 spiro atoms. The van der Waals surface area contributed by atoms with Crippen LogP contribution in [0.3, 0.4) is 0 Å². The van der Waals surface area contributed by atoms with Crippen LogP contribution in [0.15, 0.2) is 194 Å². The molecule has 318 valence electrons. The fourth-order valence-electron chi connectivity index (χ4n) is 8.12. The van der Waals surface area contributed by atoms with Gasteiger partial charge in [-0.15, -0.1) is 82.0 Å². The van der Waals surface area contributed by atoms with E-state index in [2.05, 4.69) is 198 Å². The molecular formula is C56H44Ir2N6-2. The maximum atomic E-state index is 4.70. The van der Waals surface area contributed by atoms with Gasteiger partial charge in [-0.3, -0.25) is 0 Å². The van der Waals surface area contributed by atoms with Crippen LogP contribution >= 0.6 is 0 Å². The van der Waals surface area contributed by atoms with E-state index in [1.165, 1.54) is 22.3 Å². The summed E-state index contributed by atoms with van der Waals surface area (Å²) in [5, 5.41) is 18.6. The summed E-state index contributed by atoms with van der Waals surface area (Å²) in [5.41, 5.74) is 15.4. The average molecular weight is 1190 g/mol. The Morgan fingerprint density at radius 2 is 0.750 bits per heavy atom. The van der Waals surface area contributed by atoms with E-state index in [-0.39, 0.29) is 40.2 Å². The number of nitrogens with zero attached hydrogens (tertiary/aromatic N) is 6. The second-order valence-electron chi connectivity index (χ2n) is 15.3. The van der Waals surface area contributed by atoms with Crippen molar-refractivity contribution in [3.63, 3.8) is 0 Å². The SMILES string of the molecule is Cc1cc(C)cc(-n2c(-c3[c-]cccc3)nnc2-c2ccccc2-c2ccccc2)c1.Cc1cccc(C)c1-n1c(-c2[c-]cccc2)nnc1-c1ccccc1-c1ccccc1.[Ir].[Ir]. The van der Waals surface area contributed by atoms with Gasteiger partial charge in [0, 0.05) is 62.7 Å². The zero-order valence-corrected chi connectivity index (χ0v) is 40.6. The van der Waals surface area contributed by atoms with Crippen LogP contribution in [-0.2, 0) is 40.2 Å². The Kier molecular flexibility index (Phi) is 14.7. The zero-order chi connectivity index (χ0) is 42.4. The topological polar surface area (TPSA) is 61.4 Å². The van der Waals surface area contributed by atoms with Gasteiger partial charge in [-0.2, -0.15) is 10.2 Å². The number of benzene rings is 8. The predicted octanol–water partition coefficient (Wildman–Crippen LogP) is 13.4. The Morgan fingerprint density at radius 1 is 0.359 bits per heavy atom. The summed E-state index contributed by atoms with van der Waals surface area (Å²) in [4.78, 5) is 0. The molecule has 64 heavy (non-hydrogen) atoms. The second-order valence-corrected chi connectivity index (χ2v) is 15.3. The molecule has 8 aromatic carbocycles. The van der Waals surface area contributed by atoms with Gasteiger partial charge in [-0.25, -0.2) is 0 Å². The normalized spacial score (nSPS) is 10.6. The quantitative estimate of drug-likeness (QED) is 0.142. The third-order valence-corrected chi connectivity index (χ3v) is 10.9. The summed E-state index contributed by atoms with van der Waals surface area (Å²) in [7, 11) is 0. The Balaban J connectivity index is 0.000000186. The van der Waals surface area contributed by atoms with Gasteiger partial charge < -0.3 is 9.13 Å². The van der Waals surface area contributed by atoms with Gasteiger partial charge in [0.1, 0.15) is 0 Å². The Bertz CT molecular complexity index is 3070. The molecule has 8 heteroatoms. The molecule has 2 aromatic heterocycles.